The molecule has 0 aromatic carbocycles. The first-order chi connectivity index (χ1) is 12.1. The maximum absolute atomic E-state index is 13.0. The van der Waals surface area contributed by atoms with Gasteiger partial charge in [-0.05, 0) is 3.77 Å². The minimum absolute atomic E-state index is 0.0307. The van der Waals surface area contributed by atoms with Crippen LogP contribution < -0.4 is 0 Å². The van der Waals surface area contributed by atoms with Crippen LogP contribution in [0.4, 0.5) is 39.5 Å². The Morgan fingerprint density at radius 2 is 1.32 bits per heavy atom. The number of sulfone groups is 1. The normalized spacial score (nSPS) is 18.8. The van der Waals surface area contributed by atoms with E-state index in [9.17, 15) is 60.9 Å². The molecule has 1 atom stereocenters. The van der Waals surface area contributed by atoms with Crippen molar-refractivity contribution in [2.24, 2.45) is 3.77 Å². The summed E-state index contributed by atoms with van der Waals surface area (Å²) >= 11 is 0. The summed E-state index contributed by atoms with van der Waals surface area (Å²) < 4.78 is 169. The average molecular weight is 486 g/mol. The Kier molecular flexibility index (Phi) is 6.18. The van der Waals surface area contributed by atoms with Crippen LogP contribution in [0.25, 0.3) is 0 Å². The van der Waals surface area contributed by atoms with Crippen LogP contribution in [-0.2, 0) is 30.0 Å². The molecule has 0 amide bonds. The number of hydrogen-bond donors (Lipinski definition) is 0. The molecule has 162 valence electrons. The number of halogens is 9. The second-order valence-electron chi connectivity index (χ2n) is 4.64. The zero-order chi connectivity index (χ0) is 22.4. The van der Waals surface area contributed by atoms with Gasteiger partial charge < -0.3 is 4.55 Å². The number of rotatable bonds is 3. The van der Waals surface area contributed by atoms with E-state index in [2.05, 4.69) is 0 Å². The van der Waals surface area contributed by atoms with Crippen molar-refractivity contribution in [1.29, 1.82) is 0 Å². The molecule has 1 aliphatic carbocycles. The highest BCUT2D eigenvalue weighted by Gasteiger charge is 2.56. The summed E-state index contributed by atoms with van der Waals surface area (Å²) in [4.78, 5) is 0. The van der Waals surface area contributed by atoms with E-state index < -0.39 is 62.7 Å². The van der Waals surface area contributed by atoms with Crippen molar-refractivity contribution in [3.05, 3.63) is 40.5 Å². The third-order valence-electron chi connectivity index (χ3n) is 2.62. The largest absolute Gasteiger partial charge is 0.628 e. The second kappa shape index (κ2) is 7.06. The van der Waals surface area contributed by atoms with Gasteiger partial charge in [-0.1, -0.05) is 0 Å². The van der Waals surface area contributed by atoms with Crippen LogP contribution >= 0.6 is 0 Å². The molecule has 1 rings (SSSR count). The molecule has 0 aliphatic heterocycles. The monoisotopic (exact) mass is 486 g/mol. The summed E-state index contributed by atoms with van der Waals surface area (Å²) in [6.07, 6.45) is 0.533. The summed E-state index contributed by atoms with van der Waals surface area (Å²) in [5.74, 6) is 0. The maximum Gasteiger partial charge on any atom is 0.552 e. The summed E-state index contributed by atoms with van der Waals surface area (Å²) in [6.45, 7) is 0. The summed E-state index contributed by atoms with van der Waals surface area (Å²) in [7, 11) is -19.0. The molecule has 0 heterocycles. The van der Waals surface area contributed by atoms with Crippen molar-refractivity contribution in [3.63, 3.8) is 0 Å². The summed E-state index contributed by atoms with van der Waals surface area (Å²) in [5, 5.41) is -2.08. The molecule has 1 unspecified atom stereocenters. The van der Waals surface area contributed by atoms with Crippen molar-refractivity contribution >= 4 is 30.0 Å². The number of hydrogen-bond acceptors (Lipinski definition) is 5. The molecule has 0 spiro atoms. The lowest BCUT2D eigenvalue weighted by Crippen LogP contribution is -2.37. The maximum atomic E-state index is 13.0. The van der Waals surface area contributed by atoms with E-state index in [1.54, 1.807) is 0 Å². The molecule has 28 heavy (non-hydrogen) atoms. The molecule has 0 radical (unpaired) electrons. The van der Waals surface area contributed by atoms with E-state index in [0.29, 0.717) is 0 Å². The fourth-order valence-corrected chi connectivity index (χ4v) is 4.92. The van der Waals surface area contributed by atoms with E-state index in [1.807, 2.05) is 0 Å². The Balaban J connectivity index is 3.49. The van der Waals surface area contributed by atoms with Crippen molar-refractivity contribution < 1.29 is 60.9 Å². The molecule has 0 bridgehead atoms. The number of alkyl halides is 9. The van der Waals surface area contributed by atoms with E-state index in [-0.39, 0.29) is 24.3 Å². The minimum Gasteiger partial charge on any atom is -0.628 e. The van der Waals surface area contributed by atoms with Crippen LogP contribution in [0.2, 0.25) is 0 Å². The van der Waals surface area contributed by atoms with Gasteiger partial charge in [0.25, 0.3) is 9.84 Å². The van der Waals surface area contributed by atoms with Gasteiger partial charge in [0.1, 0.15) is 0 Å². The lowest BCUT2D eigenvalue weighted by Gasteiger charge is -2.33. The van der Waals surface area contributed by atoms with Gasteiger partial charge in [0.05, 0.1) is 0 Å². The second-order valence-corrected chi connectivity index (χ2v) is 10.4. The zero-order valence-corrected chi connectivity index (χ0v) is 15.0. The number of allylic oxidation sites excluding steroid dienone is 3. The van der Waals surface area contributed by atoms with Gasteiger partial charge in [0, 0.05) is 20.8 Å². The van der Waals surface area contributed by atoms with E-state index in [4.69, 9.17) is 0 Å². The zero-order valence-electron chi connectivity index (χ0n) is 12.5. The topological polar surface area (TPSA) is 104 Å². The molecule has 0 saturated carbocycles. The number of nitrogens with zero attached hydrogens (tertiary/aromatic N) is 1. The highest BCUT2D eigenvalue weighted by atomic mass is 32.3. The lowest BCUT2D eigenvalue weighted by atomic mass is 10.1. The molecule has 6 nitrogen and oxygen atoms in total. The van der Waals surface area contributed by atoms with Gasteiger partial charge in [-0.2, -0.15) is 46.9 Å². The van der Waals surface area contributed by atoms with Crippen LogP contribution in [0.1, 0.15) is 0 Å². The Morgan fingerprint density at radius 1 is 0.893 bits per heavy atom. The van der Waals surface area contributed by atoms with Crippen molar-refractivity contribution in [2.45, 2.75) is 16.5 Å². The van der Waals surface area contributed by atoms with Crippen LogP contribution in [0.15, 0.2) is 39.1 Å². The SMILES string of the molecule is O=S(=O)(C=C1C=C[C-]([S+]([O-])(=NS(=O)(=O)C(F)(F)F)C(F)(F)F)C=C1)C(F)(F)F. The van der Waals surface area contributed by atoms with Gasteiger partial charge in [0.2, 0.25) is 0 Å². The van der Waals surface area contributed by atoms with E-state index >= 15 is 0 Å². The number of sulfonamides is 1. The molecule has 1 aliphatic rings. The molecule has 0 aromatic rings. The first-order valence-electron chi connectivity index (χ1n) is 6.06. The predicted octanol–water partition coefficient (Wildman–Crippen LogP) is 3.30. The molecule has 18 heteroatoms. The highest BCUT2D eigenvalue weighted by Crippen LogP contribution is 2.43. The quantitative estimate of drug-likeness (QED) is 0.346. The molecular weight excluding hydrogens is 481 g/mol. The van der Waals surface area contributed by atoms with Crippen molar-refractivity contribution in [1.82, 2.24) is 0 Å². The predicted molar refractivity (Wildman–Crippen MR) is 76.2 cm³/mol. The summed E-state index contributed by atoms with van der Waals surface area (Å²) in [6, 6.07) is 0. The van der Waals surface area contributed by atoms with Crippen LogP contribution in [0.3, 0.4) is 0 Å². The van der Waals surface area contributed by atoms with Crippen LogP contribution in [0, 0.1) is 5.25 Å². The fourth-order valence-electron chi connectivity index (χ4n) is 1.38. The van der Waals surface area contributed by atoms with Gasteiger partial charge in [0.15, 0.2) is 0 Å². The van der Waals surface area contributed by atoms with Crippen LogP contribution in [-0.4, -0.2) is 37.9 Å². The first-order valence-corrected chi connectivity index (χ1v) is 10.6. The average Bonchev–Trinajstić information content (AvgIpc) is 2.43. The first kappa shape index (κ1) is 24.5. The third-order valence-corrected chi connectivity index (χ3v) is 7.60. The lowest BCUT2D eigenvalue weighted by molar-refractivity contribution is -0.0465. The van der Waals surface area contributed by atoms with E-state index in [0.717, 1.165) is 0 Å². The fraction of sp³-hybridized carbons (Fsp3) is 0.300. The molecule has 0 fully saturated rings. The van der Waals surface area contributed by atoms with Gasteiger partial charge in [-0.3, -0.25) is 0 Å². The van der Waals surface area contributed by atoms with Gasteiger partial charge in [-0.25, -0.2) is 8.42 Å². The highest BCUT2D eigenvalue weighted by molar-refractivity contribution is 8.10. The van der Waals surface area contributed by atoms with E-state index in [1.165, 1.54) is 3.77 Å². The molecular formula is C10H5F9NO5S3-. The van der Waals surface area contributed by atoms with Gasteiger partial charge in [-0.15, -0.1) is 30.9 Å². The Hall–Kier alpha value is -1.53. The minimum atomic E-state index is -6.87. The smallest absolute Gasteiger partial charge is 0.552 e. The molecule has 0 aromatic heterocycles. The third kappa shape index (κ3) is 4.90. The Labute approximate surface area is 152 Å². The van der Waals surface area contributed by atoms with Crippen LogP contribution in [0.5, 0.6) is 0 Å². The van der Waals surface area contributed by atoms with Crippen molar-refractivity contribution in [3.8, 4) is 0 Å². The van der Waals surface area contributed by atoms with Gasteiger partial charge >= 0.3 is 26.5 Å². The Morgan fingerprint density at radius 3 is 1.64 bits per heavy atom. The standard InChI is InChI=1S/C10H5F9NO5S3/c11-8(12,13)26(21,22)5-6-1-3-7(4-2-6)27(23,9(14,15)16)20-28(24,25)10(17,18)19/h1-5H/q-1. The van der Waals surface area contributed by atoms with Crippen molar-refractivity contribution in [2.75, 3.05) is 0 Å². The Bertz CT molecular complexity index is 965. The summed E-state index contributed by atoms with van der Waals surface area (Å²) in [5.41, 5.74) is -19.1. The molecule has 0 saturated heterocycles. The molecule has 0 N–H and O–H groups in total.